The van der Waals surface area contributed by atoms with Gasteiger partial charge in [0.2, 0.25) is 5.91 Å². The smallest absolute Gasteiger partial charge is 0.410 e. The number of ether oxygens (including phenoxy) is 1. The van der Waals surface area contributed by atoms with E-state index in [0.717, 1.165) is 25.0 Å². The normalized spacial score (nSPS) is 17.5. The lowest BCUT2D eigenvalue weighted by atomic mass is 9.95. The lowest BCUT2D eigenvalue weighted by molar-refractivity contribution is -0.136. The molecule has 9 heteroatoms. The predicted octanol–water partition coefficient (Wildman–Crippen LogP) is 3.82. The Hall–Kier alpha value is -2.71. The van der Waals surface area contributed by atoms with E-state index in [1.54, 1.807) is 46.6 Å². The van der Waals surface area contributed by atoms with Gasteiger partial charge in [0.25, 0.3) is 5.91 Å². The minimum atomic E-state index is -0.981. The standard InChI is InChI=1S/C24H35F2N3O4/c1-15(2)20(27-21(30)19-17(25)10-7-11-18(19)26)22(31)29-12-8-9-16(14-29)13-28(6)23(32)33-24(3,4)5/h7,10-11,15-16,20H,8-9,12-14H2,1-6H3,(H,27,30)/t16?,20-/m0/s1. The molecule has 1 aliphatic heterocycles. The van der Waals surface area contributed by atoms with Crippen LogP contribution in [-0.4, -0.2) is 66.0 Å². The number of halogens is 2. The van der Waals surface area contributed by atoms with Crippen LogP contribution in [0.2, 0.25) is 0 Å². The van der Waals surface area contributed by atoms with Gasteiger partial charge in [-0.2, -0.15) is 0 Å². The summed E-state index contributed by atoms with van der Waals surface area (Å²) >= 11 is 0. The summed E-state index contributed by atoms with van der Waals surface area (Å²) in [5, 5.41) is 2.52. The highest BCUT2D eigenvalue weighted by Crippen LogP contribution is 2.21. The van der Waals surface area contributed by atoms with E-state index in [0.29, 0.717) is 19.6 Å². The molecule has 1 fully saturated rings. The summed E-state index contributed by atoms with van der Waals surface area (Å²) in [4.78, 5) is 41.2. The average molecular weight is 468 g/mol. The van der Waals surface area contributed by atoms with Crippen molar-refractivity contribution in [3.8, 4) is 0 Å². The number of amides is 3. The minimum Gasteiger partial charge on any atom is -0.444 e. The van der Waals surface area contributed by atoms with Crippen molar-refractivity contribution >= 4 is 17.9 Å². The van der Waals surface area contributed by atoms with E-state index in [1.165, 1.54) is 11.0 Å². The highest BCUT2D eigenvalue weighted by Gasteiger charge is 2.34. The third kappa shape index (κ3) is 7.40. The molecule has 33 heavy (non-hydrogen) atoms. The molecule has 1 heterocycles. The largest absolute Gasteiger partial charge is 0.444 e. The molecule has 0 spiro atoms. The molecule has 1 unspecified atom stereocenters. The Bertz CT molecular complexity index is 850. The SMILES string of the molecule is CC(C)[C@H](NC(=O)c1c(F)cccc1F)C(=O)N1CCCC(CN(C)C(=O)OC(C)(C)C)C1. The molecule has 0 bridgehead atoms. The van der Waals surface area contributed by atoms with E-state index in [2.05, 4.69) is 5.32 Å². The van der Waals surface area contributed by atoms with Crippen molar-refractivity contribution in [2.24, 2.45) is 11.8 Å². The van der Waals surface area contributed by atoms with Crippen LogP contribution in [0.1, 0.15) is 57.8 Å². The van der Waals surface area contributed by atoms with Gasteiger partial charge in [-0.25, -0.2) is 13.6 Å². The molecule has 1 N–H and O–H groups in total. The van der Waals surface area contributed by atoms with Crippen molar-refractivity contribution < 1.29 is 27.9 Å². The van der Waals surface area contributed by atoms with E-state index in [4.69, 9.17) is 4.74 Å². The zero-order valence-electron chi connectivity index (χ0n) is 20.3. The zero-order valence-corrected chi connectivity index (χ0v) is 20.3. The summed E-state index contributed by atoms with van der Waals surface area (Å²) in [6, 6.07) is 2.24. The Morgan fingerprint density at radius 1 is 1.21 bits per heavy atom. The van der Waals surface area contributed by atoms with Gasteiger partial charge in [0.15, 0.2) is 0 Å². The van der Waals surface area contributed by atoms with E-state index < -0.39 is 40.8 Å². The number of benzene rings is 1. The fourth-order valence-corrected chi connectivity index (χ4v) is 3.85. The molecule has 1 aromatic rings. The Balaban J connectivity index is 2.05. The number of piperidine rings is 1. The van der Waals surface area contributed by atoms with Crippen molar-refractivity contribution in [2.45, 2.75) is 59.1 Å². The van der Waals surface area contributed by atoms with Crippen LogP contribution < -0.4 is 5.32 Å². The summed E-state index contributed by atoms with van der Waals surface area (Å²) in [5.74, 6) is -3.47. The van der Waals surface area contributed by atoms with Crippen LogP contribution in [0.15, 0.2) is 18.2 Å². The number of likely N-dealkylation sites (tertiary alicyclic amines) is 1. The van der Waals surface area contributed by atoms with Crippen molar-refractivity contribution in [1.82, 2.24) is 15.1 Å². The molecule has 1 aliphatic rings. The highest BCUT2D eigenvalue weighted by molar-refractivity contribution is 5.98. The first-order chi connectivity index (χ1) is 15.3. The quantitative estimate of drug-likeness (QED) is 0.690. The number of nitrogens with zero attached hydrogens (tertiary/aromatic N) is 2. The fraction of sp³-hybridized carbons (Fsp3) is 0.625. The first kappa shape index (κ1) is 26.5. The van der Waals surface area contributed by atoms with Crippen LogP contribution in [0, 0.1) is 23.5 Å². The molecule has 0 aliphatic carbocycles. The molecule has 1 saturated heterocycles. The maximum absolute atomic E-state index is 14.0. The molecule has 3 amide bonds. The third-order valence-corrected chi connectivity index (χ3v) is 5.48. The number of carbonyl (C=O) groups excluding carboxylic acids is 3. The van der Waals surface area contributed by atoms with Crippen LogP contribution >= 0.6 is 0 Å². The van der Waals surface area contributed by atoms with E-state index in [-0.39, 0.29) is 17.7 Å². The van der Waals surface area contributed by atoms with Crippen LogP contribution in [0.5, 0.6) is 0 Å². The molecule has 0 aromatic heterocycles. The second kappa shape index (κ2) is 10.9. The molecule has 184 valence electrons. The Morgan fingerprint density at radius 3 is 2.36 bits per heavy atom. The first-order valence-electron chi connectivity index (χ1n) is 11.3. The van der Waals surface area contributed by atoms with Crippen LogP contribution in [0.25, 0.3) is 0 Å². The van der Waals surface area contributed by atoms with Gasteiger partial charge in [-0.3, -0.25) is 9.59 Å². The summed E-state index contributed by atoms with van der Waals surface area (Å²) in [5.41, 5.74) is -1.30. The highest BCUT2D eigenvalue weighted by atomic mass is 19.1. The van der Waals surface area contributed by atoms with Gasteiger partial charge in [-0.15, -0.1) is 0 Å². The molecule has 0 radical (unpaired) electrons. The topological polar surface area (TPSA) is 79.0 Å². The van der Waals surface area contributed by atoms with Crippen molar-refractivity contribution in [3.05, 3.63) is 35.4 Å². The first-order valence-corrected chi connectivity index (χ1v) is 11.3. The number of rotatable bonds is 6. The minimum absolute atomic E-state index is 0.0488. The van der Waals surface area contributed by atoms with Crippen LogP contribution in [0.3, 0.4) is 0 Å². The Morgan fingerprint density at radius 2 is 1.82 bits per heavy atom. The van der Waals surface area contributed by atoms with E-state index in [1.807, 2.05) is 0 Å². The third-order valence-electron chi connectivity index (χ3n) is 5.48. The molecule has 7 nitrogen and oxygen atoms in total. The maximum atomic E-state index is 14.0. The molecule has 2 atom stereocenters. The number of hydrogen-bond acceptors (Lipinski definition) is 4. The lowest BCUT2D eigenvalue weighted by Crippen LogP contribution is -2.54. The van der Waals surface area contributed by atoms with E-state index >= 15 is 0 Å². The van der Waals surface area contributed by atoms with Gasteiger partial charge >= 0.3 is 6.09 Å². The summed E-state index contributed by atoms with van der Waals surface area (Å²) in [7, 11) is 1.66. The Kier molecular flexibility index (Phi) is 8.80. The second-order valence-electron chi connectivity index (χ2n) is 9.95. The monoisotopic (exact) mass is 467 g/mol. The van der Waals surface area contributed by atoms with Crippen molar-refractivity contribution in [1.29, 1.82) is 0 Å². The summed E-state index contributed by atoms with van der Waals surface area (Å²) < 4.78 is 33.4. The van der Waals surface area contributed by atoms with Crippen LogP contribution in [0.4, 0.5) is 13.6 Å². The number of nitrogens with one attached hydrogen (secondary N) is 1. The summed E-state index contributed by atoms with van der Waals surface area (Å²) in [6.45, 7) is 10.3. The van der Waals surface area contributed by atoms with Gasteiger partial charge in [0.05, 0.1) is 0 Å². The van der Waals surface area contributed by atoms with Crippen LogP contribution in [-0.2, 0) is 9.53 Å². The number of carbonyl (C=O) groups is 3. The second-order valence-corrected chi connectivity index (χ2v) is 9.95. The molecular weight excluding hydrogens is 432 g/mol. The molecule has 2 rings (SSSR count). The molecular formula is C24H35F2N3O4. The summed E-state index contributed by atoms with van der Waals surface area (Å²) in [6.07, 6.45) is 1.17. The van der Waals surface area contributed by atoms with Crippen molar-refractivity contribution in [2.75, 3.05) is 26.7 Å². The number of hydrogen-bond donors (Lipinski definition) is 1. The lowest BCUT2D eigenvalue weighted by Gasteiger charge is -2.37. The van der Waals surface area contributed by atoms with Gasteiger partial charge in [-0.05, 0) is 57.6 Å². The maximum Gasteiger partial charge on any atom is 0.410 e. The zero-order chi connectivity index (χ0) is 24.9. The van der Waals surface area contributed by atoms with Gasteiger partial charge in [0, 0.05) is 26.7 Å². The molecule has 0 saturated carbocycles. The van der Waals surface area contributed by atoms with Gasteiger partial charge in [0.1, 0.15) is 28.8 Å². The predicted molar refractivity (Wildman–Crippen MR) is 121 cm³/mol. The van der Waals surface area contributed by atoms with E-state index in [9.17, 15) is 23.2 Å². The molecule has 1 aromatic carbocycles. The fourth-order valence-electron chi connectivity index (χ4n) is 3.85. The van der Waals surface area contributed by atoms with Gasteiger partial charge in [-0.1, -0.05) is 19.9 Å². The Labute approximate surface area is 194 Å². The van der Waals surface area contributed by atoms with Crippen molar-refractivity contribution in [3.63, 3.8) is 0 Å². The van der Waals surface area contributed by atoms with Gasteiger partial charge < -0.3 is 19.9 Å². The average Bonchev–Trinajstić information content (AvgIpc) is 2.70.